The number of pyridine rings is 1. The molecule has 8 nitrogen and oxygen atoms in total. The average Bonchev–Trinajstić information content (AvgIpc) is 3.31. The summed E-state index contributed by atoms with van der Waals surface area (Å²) in [6, 6.07) is 18.3. The van der Waals surface area contributed by atoms with Crippen molar-refractivity contribution in [2.75, 3.05) is 38.8 Å². The lowest BCUT2D eigenvalue weighted by atomic mass is 9.90. The van der Waals surface area contributed by atoms with E-state index < -0.39 is 0 Å². The van der Waals surface area contributed by atoms with Crippen LogP contribution in [0.15, 0.2) is 58.2 Å². The molecule has 44 heavy (non-hydrogen) atoms. The van der Waals surface area contributed by atoms with Crippen molar-refractivity contribution in [2.24, 2.45) is 13.0 Å². The van der Waals surface area contributed by atoms with Gasteiger partial charge in [-0.25, -0.2) is 0 Å². The summed E-state index contributed by atoms with van der Waals surface area (Å²) in [7, 11) is 4.89. The summed E-state index contributed by atoms with van der Waals surface area (Å²) in [5.74, 6) is 2.38. The maximum Gasteiger partial charge on any atom is 0.270 e. The van der Waals surface area contributed by atoms with Gasteiger partial charge in [-0.05, 0) is 73.4 Å². The highest BCUT2D eigenvalue weighted by Gasteiger charge is 2.33. The van der Waals surface area contributed by atoms with Crippen LogP contribution in [0.3, 0.4) is 0 Å². The fourth-order valence-corrected chi connectivity index (χ4v) is 7.28. The zero-order valence-corrected chi connectivity index (χ0v) is 27.1. The average molecular weight is 629 g/mol. The van der Waals surface area contributed by atoms with E-state index in [1.807, 2.05) is 30.3 Å². The largest absolute Gasteiger partial charge is 0.493 e. The molecule has 2 fully saturated rings. The van der Waals surface area contributed by atoms with Gasteiger partial charge in [-0.3, -0.25) is 19.1 Å². The Hall–Kier alpha value is -4.07. The highest BCUT2D eigenvalue weighted by atomic mass is 32.2. The van der Waals surface area contributed by atoms with E-state index in [-0.39, 0.29) is 17.0 Å². The van der Waals surface area contributed by atoms with Crippen molar-refractivity contribution in [3.63, 3.8) is 0 Å². The van der Waals surface area contributed by atoms with E-state index in [2.05, 4.69) is 35.2 Å². The van der Waals surface area contributed by atoms with Crippen LogP contribution in [0.4, 0.5) is 5.82 Å². The number of aromatic nitrogens is 1. The molecule has 3 heterocycles. The number of rotatable bonds is 9. The molecule has 0 spiro atoms. The van der Waals surface area contributed by atoms with Crippen molar-refractivity contribution in [3.8, 4) is 17.6 Å². The molecule has 228 valence electrons. The molecule has 0 N–H and O–H groups in total. The van der Waals surface area contributed by atoms with Gasteiger partial charge in [0.15, 0.2) is 11.5 Å². The molecule has 2 aromatic carbocycles. The third-order valence-electron chi connectivity index (χ3n) is 8.47. The second-order valence-corrected chi connectivity index (χ2v) is 12.8. The van der Waals surface area contributed by atoms with Crippen LogP contribution in [0.5, 0.6) is 11.5 Å². The first-order chi connectivity index (χ1) is 21.2. The van der Waals surface area contributed by atoms with Crippen LogP contribution < -0.4 is 19.9 Å². The summed E-state index contributed by atoms with van der Waals surface area (Å²) in [5.41, 5.74) is 3.38. The number of carbonyl (C=O) groups excluding carboxylic acids is 1. The van der Waals surface area contributed by atoms with Gasteiger partial charge in [0.25, 0.3) is 11.5 Å². The smallest absolute Gasteiger partial charge is 0.270 e. The van der Waals surface area contributed by atoms with Crippen molar-refractivity contribution in [2.45, 2.75) is 32.6 Å². The number of hydrogen-bond donors (Lipinski definition) is 0. The Labute approximate surface area is 267 Å². The van der Waals surface area contributed by atoms with E-state index in [9.17, 15) is 14.9 Å². The van der Waals surface area contributed by atoms with Gasteiger partial charge in [0.1, 0.15) is 21.8 Å². The number of carbonyl (C=O) groups is 1. The Balaban J connectivity index is 1.39. The quantitative estimate of drug-likeness (QED) is 0.227. The zero-order chi connectivity index (χ0) is 31.4. The molecule has 3 aromatic rings. The molecule has 1 amide bonds. The Bertz CT molecular complexity index is 1700. The number of hydrogen-bond acceptors (Lipinski definition) is 8. The topological polar surface area (TPSA) is 87.8 Å². The van der Waals surface area contributed by atoms with Crippen LogP contribution in [0, 0.1) is 24.2 Å². The van der Waals surface area contributed by atoms with Gasteiger partial charge in [0.05, 0.1) is 19.1 Å². The van der Waals surface area contributed by atoms with Crippen molar-refractivity contribution in [1.29, 1.82) is 5.26 Å². The summed E-state index contributed by atoms with van der Waals surface area (Å²) >= 11 is 6.88. The zero-order valence-electron chi connectivity index (χ0n) is 25.5. The fraction of sp³-hybridized carbons (Fsp3) is 0.353. The van der Waals surface area contributed by atoms with Gasteiger partial charge in [-0.15, -0.1) is 0 Å². The number of nitriles is 1. The maximum atomic E-state index is 13.6. The van der Waals surface area contributed by atoms with Crippen LogP contribution in [-0.2, 0) is 24.7 Å². The molecular weight excluding hydrogens is 593 g/mol. The number of piperidine rings is 1. The molecule has 0 bridgehead atoms. The van der Waals surface area contributed by atoms with Gasteiger partial charge in [0.2, 0.25) is 0 Å². The molecule has 2 aliphatic rings. The number of anilines is 1. The third kappa shape index (κ3) is 6.40. The lowest BCUT2D eigenvalue weighted by molar-refractivity contribution is -0.122. The highest BCUT2D eigenvalue weighted by Crippen LogP contribution is 2.37. The molecule has 5 rings (SSSR count). The predicted molar refractivity (Wildman–Crippen MR) is 179 cm³/mol. The molecule has 2 saturated heterocycles. The van der Waals surface area contributed by atoms with Crippen LogP contribution >= 0.6 is 24.0 Å². The van der Waals surface area contributed by atoms with Gasteiger partial charge in [-0.1, -0.05) is 60.4 Å². The number of amides is 1. The van der Waals surface area contributed by atoms with Crippen LogP contribution in [0.25, 0.3) is 6.08 Å². The van der Waals surface area contributed by atoms with Crippen LogP contribution in [0.2, 0.25) is 0 Å². The second kappa shape index (κ2) is 13.7. The standard InChI is InChI=1S/C34H36N4O4S2/c1-22-26(20-30-33(40)38(34(43)44-30)17-14-24-10-11-28(41-3)29(19-24)42-4)31(36(2)32(39)27(22)21-35)37-15-12-25(13-16-37)18-23-8-6-5-7-9-23/h5-11,19-20,25H,12-18H2,1-4H3/b30-20+. The van der Waals surface area contributed by atoms with Crippen molar-refractivity contribution in [3.05, 3.63) is 91.6 Å². The summed E-state index contributed by atoms with van der Waals surface area (Å²) in [6.45, 7) is 3.76. The number of benzene rings is 2. The molecule has 0 unspecified atom stereocenters. The van der Waals surface area contributed by atoms with E-state index in [1.54, 1.807) is 37.7 Å². The van der Waals surface area contributed by atoms with Crippen LogP contribution in [-0.4, -0.2) is 53.5 Å². The maximum absolute atomic E-state index is 13.6. The lowest BCUT2D eigenvalue weighted by Gasteiger charge is -2.36. The first-order valence-corrected chi connectivity index (χ1v) is 15.9. The fourth-order valence-electron chi connectivity index (χ4n) is 5.99. The number of ether oxygens (including phenoxy) is 2. The minimum atomic E-state index is -0.328. The minimum absolute atomic E-state index is 0.0883. The molecule has 0 atom stereocenters. The van der Waals surface area contributed by atoms with Gasteiger partial charge < -0.3 is 14.4 Å². The Morgan fingerprint density at radius 3 is 2.41 bits per heavy atom. The summed E-state index contributed by atoms with van der Waals surface area (Å²) in [6.07, 6.45) is 5.40. The van der Waals surface area contributed by atoms with E-state index in [1.165, 1.54) is 17.3 Å². The molecule has 0 radical (unpaired) electrons. The molecule has 2 aliphatic heterocycles. The van der Waals surface area contributed by atoms with Gasteiger partial charge in [0, 0.05) is 32.2 Å². The van der Waals surface area contributed by atoms with Crippen molar-refractivity contribution in [1.82, 2.24) is 9.47 Å². The Kier molecular flexibility index (Phi) is 9.77. The minimum Gasteiger partial charge on any atom is -0.493 e. The Morgan fingerprint density at radius 1 is 1.05 bits per heavy atom. The van der Waals surface area contributed by atoms with Gasteiger partial charge in [-0.2, -0.15) is 5.26 Å². The molecular formula is C34H36N4O4S2. The predicted octanol–water partition coefficient (Wildman–Crippen LogP) is 5.49. The molecule has 10 heteroatoms. The number of methoxy groups -OCH3 is 2. The molecule has 0 aliphatic carbocycles. The van der Waals surface area contributed by atoms with E-state index >= 15 is 0 Å². The summed E-state index contributed by atoms with van der Waals surface area (Å²) in [5, 5.41) is 9.85. The normalized spacial score (nSPS) is 16.5. The SMILES string of the molecule is COc1ccc(CCN2C(=O)/C(=C\c3c(C)c(C#N)c(=O)n(C)c3N3CCC(Cc4ccccc4)CC3)SC2=S)cc1OC. The van der Waals surface area contributed by atoms with Crippen molar-refractivity contribution < 1.29 is 14.3 Å². The van der Waals surface area contributed by atoms with Crippen molar-refractivity contribution >= 4 is 46.1 Å². The van der Waals surface area contributed by atoms with Crippen LogP contribution in [0.1, 0.15) is 40.7 Å². The highest BCUT2D eigenvalue weighted by molar-refractivity contribution is 8.26. The second-order valence-electron chi connectivity index (χ2n) is 11.1. The monoisotopic (exact) mass is 628 g/mol. The van der Waals surface area contributed by atoms with E-state index in [4.69, 9.17) is 21.7 Å². The first kappa shape index (κ1) is 31.4. The Morgan fingerprint density at radius 2 is 1.75 bits per heavy atom. The number of thioether (sulfide) groups is 1. The third-order valence-corrected chi connectivity index (χ3v) is 9.85. The van der Waals surface area contributed by atoms with E-state index in [0.717, 1.165) is 43.7 Å². The molecule has 1 aromatic heterocycles. The van der Waals surface area contributed by atoms with E-state index in [0.29, 0.717) is 50.7 Å². The number of thiocarbonyl (C=S) groups is 1. The summed E-state index contributed by atoms with van der Waals surface area (Å²) < 4.78 is 12.8. The number of nitrogens with zero attached hydrogens (tertiary/aromatic N) is 4. The molecule has 0 saturated carbocycles. The summed E-state index contributed by atoms with van der Waals surface area (Å²) in [4.78, 5) is 31.2. The first-order valence-electron chi connectivity index (χ1n) is 14.6. The van der Waals surface area contributed by atoms with Gasteiger partial charge >= 0.3 is 0 Å². The lowest BCUT2D eigenvalue weighted by Crippen LogP contribution is -2.39.